The molecule has 3 fully saturated rings. The van der Waals surface area contributed by atoms with Crippen LogP contribution in [0.3, 0.4) is 0 Å². The maximum absolute atomic E-state index is 12.7. The van der Waals surface area contributed by atoms with Gasteiger partial charge in [-0.1, -0.05) is 83.5 Å². The molecule has 0 aromatic heterocycles. The summed E-state index contributed by atoms with van der Waals surface area (Å²) >= 11 is 0. The first-order valence-corrected chi connectivity index (χ1v) is 17.1. The van der Waals surface area contributed by atoms with E-state index in [9.17, 15) is 9.90 Å². The van der Waals surface area contributed by atoms with Crippen LogP contribution in [0.15, 0.2) is 48.0 Å². The van der Waals surface area contributed by atoms with E-state index in [-0.39, 0.29) is 39.3 Å². The summed E-state index contributed by atoms with van der Waals surface area (Å²) in [4.78, 5) is 12.7. The van der Waals surface area contributed by atoms with E-state index in [0.29, 0.717) is 36.7 Å². The van der Waals surface area contributed by atoms with Gasteiger partial charge in [0, 0.05) is 5.41 Å². The molecule has 6 rings (SSSR count). The zero-order valence-corrected chi connectivity index (χ0v) is 28.4. The summed E-state index contributed by atoms with van der Waals surface area (Å²) in [6, 6.07) is 12.2. The summed E-state index contributed by atoms with van der Waals surface area (Å²) in [6.07, 6.45) is 11.1. The Morgan fingerprint density at radius 1 is 0.977 bits per heavy atom. The number of benzene rings is 2. The van der Waals surface area contributed by atoms with Crippen molar-refractivity contribution >= 4 is 5.97 Å². The molecule has 1 unspecified atom stereocenters. The molecule has 238 valence electrons. The van der Waals surface area contributed by atoms with Crippen LogP contribution in [0.5, 0.6) is 11.5 Å². The lowest BCUT2D eigenvalue weighted by Crippen LogP contribution is -2.62. The highest BCUT2D eigenvalue weighted by Gasteiger charge is 2.66. The van der Waals surface area contributed by atoms with Gasteiger partial charge in [-0.05, 0) is 121 Å². The molecule has 0 amide bonds. The highest BCUT2D eigenvalue weighted by molar-refractivity contribution is 5.70. The SMILES string of the molecule is CCOC(=O)C[C@]1(C)CC[C@]2(C)CC[C@]3(C)C4=CC(C)c5c(cc(O)c(OCc6ccccc6)c5C)[C@]4(C)CC[C@@]3(C)[C@@H]2C1. The summed E-state index contributed by atoms with van der Waals surface area (Å²) in [6.45, 7) is 19.7. The van der Waals surface area contributed by atoms with Crippen LogP contribution in [0.25, 0.3) is 0 Å². The number of phenolic OH excluding ortho intramolecular Hbond substituents is 1. The zero-order valence-electron chi connectivity index (χ0n) is 28.4. The summed E-state index contributed by atoms with van der Waals surface area (Å²) in [5.41, 5.74) is 6.68. The van der Waals surface area contributed by atoms with Crippen molar-refractivity contribution in [2.45, 2.75) is 125 Å². The minimum atomic E-state index is -0.132. The average molecular weight is 599 g/mol. The highest BCUT2D eigenvalue weighted by Crippen LogP contribution is 2.75. The van der Waals surface area contributed by atoms with Gasteiger partial charge in [-0.15, -0.1) is 0 Å². The van der Waals surface area contributed by atoms with E-state index in [1.165, 1.54) is 30.4 Å². The first-order valence-electron chi connectivity index (χ1n) is 17.1. The lowest BCUT2D eigenvalue weighted by molar-refractivity contribution is -0.167. The molecule has 0 spiro atoms. The Kier molecular flexibility index (Phi) is 7.57. The van der Waals surface area contributed by atoms with Gasteiger partial charge in [0.25, 0.3) is 0 Å². The lowest BCUT2D eigenvalue weighted by atomic mass is 9.34. The Balaban J connectivity index is 1.36. The molecule has 0 saturated heterocycles. The summed E-state index contributed by atoms with van der Waals surface area (Å²) in [5, 5.41) is 11.4. The van der Waals surface area contributed by atoms with Gasteiger partial charge in [0.05, 0.1) is 13.0 Å². The second-order valence-electron chi connectivity index (χ2n) is 16.2. The van der Waals surface area contributed by atoms with Crippen molar-refractivity contribution in [2.75, 3.05) is 6.61 Å². The second-order valence-corrected chi connectivity index (χ2v) is 16.2. The number of hydrogen-bond donors (Lipinski definition) is 1. The molecule has 4 nitrogen and oxygen atoms in total. The van der Waals surface area contributed by atoms with E-state index in [4.69, 9.17) is 9.47 Å². The Morgan fingerprint density at radius 2 is 1.68 bits per heavy atom. The van der Waals surface area contributed by atoms with Gasteiger partial charge in [-0.25, -0.2) is 0 Å². The Labute approximate surface area is 265 Å². The number of phenols is 1. The maximum atomic E-state index is 12.7. The van der Waals surface area contributed by atoms with Crippen molar-refractivity contribution in [3.8, 4) is 11.5 Å². The monoisotopic (exact) mass is 598 g/mol. The van der Waals surface area contributed by atoms with Crippen molar-refractivity contribution in [3.63, 3.8) is 0 Å². The number of rotatable bonds is 6. The summed E-state index contributed by atoms with van der Waals surface area (Å²) < 4.78 is 11.7. The van der Waals surface area contributed by atoms with E-state index in [2.05, 4.69) is 66.7 Å². The summed E-state index contributed by atoms with van der Waals surface area (Å²) in [7, 11) is 0. The number of carbonyl (C=O) groups excluding carboxylic acids is 1. The quantitative estimate of drug-likeness (QED) is 0.266. The van der Waals surface area contributed by atoms with Gasteiger partial charge in [0.2, 0.25) is 0 Å². The largest absolute Gasteiger partial charge is 0.504 e. The number of ether oxygens (including phenoxy) is 2. The molecule has 0 radical (unpaired) electrons. The average Bonchev–Trinajstić information content (AvgIpc) is 2.97. The minimum absolute atomic E-state index is 0.0155. The molecule has 2 aromatic rings. The van der Waals surface area contributed by atoms with Crippen LogP contribution in [0.2, 0.25) is 0 Å². The fraction of sp³-hybridized carbons (Fsp3) is 0.625. The third-order valence-corrected chi connectivity index (χ3v) is 13.5. The van der Waals surface area contributed by atoms with Crippen molar-refractivity contribution in [2.24, 2.45) is 27.6 Å². The van der Waals surface area contributed by atoms with Crippen molar-refractivity contribution in [3.05, 3.63) is 70.3 Å². The molecule has 4 aliphatic rings. The molecule has 7 atom stereocenters. The molecular weight excluding hydrogens is 544 g/mol. The number of fused-ring (bicyclic) bond motifs is 7. The fourth-order valence-electron chi connectivity index (χ4n) is 10.7. The Morgan fingerprint density at radius 3 is 2.39 bits per heavy atom. The predicted molar refractivity (Wildman–Crippen MR) is 177 cm³/mol. The molecule has 0 aliphatic heterocycles. The first kappa shape index (κ1) is 31.2. The smallest absolute Gasteiger partial charge is 0.306 e. The first-order chi connectivity index (χ1) is 20.7. The topological polar surface area (TPSA) is 55.8 Å². The lowest BCUT2D eigenvalue weighted by Gasteiger charge is -2.70. The van der Waals surface area contributed by atoms with Gasteiger partial charge in [-0.2, -0.15) is 0 Å². The normalized spacial score (nSPS) is 37.5. The standard InChI is InChI=1S/C40H54O4/c1-9-43-33(42)24-36(4)15-16-37(5)17-19-39(7)31-21-26(2)34-27(3)35(44-25-28-13-11-10-12-14-28)30(41)22-29(34)38(31,6)18-20-40(39,8)32(37)23-36/h10-14,21-22,26,32,41H,9,15-20,23-25H2,1-8H3/t26?,32-,36-,37-,38+,39-,40+/m1/s1. The van der Waals surface area contributed by atoms with E-state index in [0.717, 1.165) is 36.8 Å². The zero-order chi connectivity index (χ0) is 31.7. The van der Waals surface area contributed by atoms with Crippen molar-refractivity contribution in [1.29, 1.82) is 0 Å². The molecule has 1 N–H and O–H groups in total. The van der Waals surface area contributed by atoms with Crippen LogP contribution in [0.4, 0.5) is 0 Å². The number of carbonyl (C=O) groups is 1. The van der Waals surface area contributed by atoms with E-state index < -0.39 is 0 Å². The second kappa shape index (κ2) is 10.7. The maximum Gasteiger partial charge on any atom is 0.306 e. The number of allylic oxidation sites excluding steroid dienone is 2. The van der Waals surface area contributed by atoms with Gasteiger partial charge in [-0.3, -0.25) is 4.79 Å². The molecule has 4 aliphatic carbocycles. The predicted octanol–water partition coefficient (Wildman–Crippen LogP) is 9.95. The summed E-state index contributed by atoms with van der Waals surface area (Å²) in [5.74, 6) is 1.61. The van der Waals surface area contributed by atoms with E-state index in [1.54, 1.807) is 5.57 Å². The van der Waals surface area contributed by atoms with Crippen LogP contribution in [0, 0.1) is 34.5 Å². The Bertz CT molecular complexity index is 1480. The molecule has 0 heterocycles. The molecule has 0 bridgehead atoms. The molecule has 4 heteroatoms. The van der Waals surface area contributed by atoms with Crippen molar-refractivity contribution < 1.29 is 19.4 Å². The van der Waals surface area contributed by atoms with Gasteiger partial charge in [0.15, 0.2) is 11.5 Å². The van der Waals surface area contributed by atoms with Crippen LogP contribution >= 0.6 is 0 Å². The van der Waals surface area contributed by atoms with Gasteiger partial charge in [0.1, 0.15) is 6.61 Å². The van der Waals surface area contributed by atoms with Crippen LogP contribution in [-0.2, 0) is 21.6 Å². The van der Waals surface area contributed by atoms with Crippen molar-refractivity contribution in [1.82, 2.24) is 0 Å². The minimum Gasteiger partial charge on any atom is -0.504 e. The van der Waals surface area contributed by atoms with Crippen LogP contribution < -0.4 is 4.74 Å². The number of hydrogen-bond acceptors (Lipinski definition) is 4. The van der Waals surface area contributed by atoms with Crippen LogP contribution in [-0.4, -0.2) is 17.7 Å². The molecule has 44 heavy (non-hydrogen) atoms. The van der Waals surface area contributed by atoms with E-state index in [1.807, 2.05) is 31.2 Å². The third-order valence-electron chi connectivity index (χ3n) is 13.5. The third kappa shape index (κ3) is 4.64. The Hall–Kier alpha value is -2.75. The highest BCUT2D eigenvalue weighted by atomic mass is 16.5. The van der Waals surface area contributed by atoms with Gasteiger partial charge >= 0.3 is 5.97 Å². The number of esters is 1. The molecule has 2 aromatic carbocycles. The number of aromatic hydroxyl groups is 1. The molecule has 3 saturated carbocycles. The fourth-order valence-corrected chi connectivity index (χ4v) is 10.7. The van der Waals surface area contributed by atoms with Gasteiger partial charge < -0.3 is 14.6 Å². The van der Waals surface area contributed by atoms with Crippen LogP contribution in [0.1, 0.15) is 128 Å². The molecular formula is C40H54O4. The van der Waals surface area contributed by atoms with E-state index >= 15 is 0 Å².